The largest absolute Gasteiger partial charge is 0.490 e. The number of hydrogen-bond acceptors (Lipinski definition) is 8. The van der Waals surface area contributed by atoms with Crippen molar-refractivity contribution in [2.24, 2.45) is 11.8 Å². The molecule has 0 aromatic heterocycles. The summed E-state index contributed by atoms with van der Waals surface area (Å²) in [4.78, 5) is 21.0. The number of halogens is 1. The molecule has 1 saturated heterocycles. The van der Waals surface area contributed by atoms with E-state index in [-0.39, 0.29) is 16.6 Å². The average molecular weight is 755 g/mol. The van der Waals surface area contributed by atoms with Gasteiger partial charge in [0.25, 0.3) is 5.91 Å². The highest BCUT2D eigenvalue weighted by Gasteiger charge is 2.49. The summed E-state index contributed by atoms with van der Waals surface area (Å²) >= 11 is 6.51. The number of piperazine rings is 1. The Kier molecular flexibility index (Phi) is 13.1. The van der Waals surface area contributed by atoms with Crippen LogP contribution in [0.4, 0.5) is 5.69 Å². The molecule has 5 atom stereocenters. The average Bonchev–Trinajstić information content (AvgIpc) is 3.28. The highest BCUT2D eigenvalue weighted by atomic mass is 35.5. The van der Waals surface area contributed by atoms with Gasteiger partial charge in [0.05, 0.1) is 18.9 Å². The molecule has 4 aliphatic rings. The molecule has 2 aromatic carbocycles. The van der Waals surface area contributed by atoms with Crippen molar-refractivity contribution in [1.82, 2.24) is 14.5 Å². The third-order valence-electron chi connectivity index (χ3n) is 12.0. The predicted octanol–water partition coefficient (Wildman–Crippen LogP) is 6.26. The van der Waals surface area contributed by atoms with Crippen LogP contribution in [0, 0.1) is 11.8 Å². The van der Waals surface area contributed by atoms with Crippen LogP contribution >= 0.6 is 11.6 Å². The number of anilines is 1. The van der Waals surface area contributed by atoms with Gasteiger partial charge in [-0.1, -0.05) is 36.7 Å². The second-order valence-electron chi connectivity index (χ2n) is 15.6. The fourth-order valence-electron chi connectivity index (χ4n) is 8.87. The first-order valence-corrected chi connectivity index (χ1v) is 20.9. The van der Waals surface area contributed by atoms with Gasteiger partial charge in [-0.15, -0.1) is 0 Å². The summed E-state index contributed by atoms with van der Waals surface area (Å²) < 4.78 is 34.0. The van der Waals surface area contributed by atoms with E-state index >= 15 is 0 Å². The fourth-order valence-corrected chi connectivity index (χ4v) is 9.60. The lowest BCUT2D eigenvalue weighted by atomic mass is 9.63. The third-order valence-corrected chi connectivity index (χ3v) is 13.5. The summed E-state index contributed by atoms with van der Waals surface area (Å²) in [6.07, 6.45) is 10.9. The minimum Gasteiger partial charge on any atom is -0.490 e. The summed E-state index contributed by atoms with van der Waals surface area (Å²) in [6, 6.07) is 12.0. The van der Waals surface area contributed by atoms with Crippen molar-refractivity contribution in [1.29, 1.82) is 0 Å². The van der Waals surface area contributed by atoms with Crippen LogP contribution in [0.1, 0.15) is 74.4 Å². The van der Waals surface area contributed by atoms with Crippen molar-refractivity contribution in [3.63, 3.8) is 0 Å². The second kappa shape index (κ2) is 17.3. The molecule has 1 saturated carbocycles. The van der Waals surface area contributed by atoms with Crippen LogP contribution in [0.15, 0.2) is 48.6 Å². The Labute approximate surface area is 319 Å². The lowest BCUT2D eigenvalue weighted by Gasteiger charge is -2.52. The number of carbonyl (C=O) groups excluding carboxylic acids is 1. The molecular weight excluding hydrogens is 696 g/mol. The number of nitrogens with zero attached hydrogens (tertiary/aromatic N) is 3. The zero-order valence-corrected chi connectivity index (χ0v) is 33.4. The van der Waals surface area contributed by atoms with Crippen molar-refractivity contribution in [2.45, 2.75) is 75.6 Å². The normalized spacial score (nSPS) is 25.6. The van der Waals surface area contributed by atoms with E-state index in [2.05, 4.69) is 50.6 Å². The quantitative estimate of drug-likeness (QED) is 0.227. The Morgan fingerprint density at radius 2 is 1.92 bits per heavy atom. The van der Waals surface area contributed by atoms with Crippen molar-refractivity contribution in [3.05, 3.63) is 70.3 Å². The fraction of sp³-hybridized carbons (Fsp3) is 0.634. The summed E-state index contributed by atoms with van der Waals surface area (Å²) in [5, 5.41) is 0.590. The minimum atomic E-state index is -1.47. The molecule has 2 aliphatic heterocycles. The van der Waals surface area contributed by atoms with Crippen LogP contribution in [-0.2, 0) is 32.3 Å². The molecule has 1 N–H and O–H groups in total. The minimum absolute atomic E-state index is 0.178. The molecular formula is C41H59ClN4O5S. The molecule has 2 aromatic rings. The first kappa shape index (κ1) is 39.2. The zero-order chi connectivity index (χ0) is 36.9. The lowest BCUT2D eigenvalue weighted by Crippen LogP contribution is -2.59. The molecule has 1 amide bonds. The van der Waals surface area contributed by atoms with Gasteiger partial charge in [-0.3, -0.25) is 19.3 Å². The van der Waals surface area contributed by atoms with Gasteiger partial charge in [0.2, 0.25) is 0 Å². The maximum absolute atomic E-state index is 13.4. The summed E-state index contributed by atoms with van der Waals surface area (Å²) in [6.45, 7) is 14.7. The Balaban J connectivity index is 1.31. The number of ether oxygens (including phenoxy) is 3. The molecule has 286 valence electrons. The van der Waals surface area contributed by atoms with E-state index in [1.807, 2.05) is 39.2 Å². The van der Waals surface area contributed by atoms with E-state index in [1.165, 1.54) is 11.1 Å². The van der Waals surface area contributed by atoms with Gasteiger partial charge in [0.1, 0.15) is 22.3 Å². The molecule has 9 nitrogen and oxygen atoms in total. The van der Waals surface area contributed by atoms with Gasteiger partial charge >= 0.3 is 0 Å². The van der Waals surface area contributed by atoms with Gasteiger partial charge in [0, 0.05) is 87.8 Å². The third kappa shape index (κ3) is 8.58. The highest BCUT2D eigenvalue weighted by Crippen LogP contribution is 2.49. The molecule has 2 fully saturated rings. The first-order valence-electron chi connectivity index (χ1n) is 19.3. The van der Waals surface area contributed by atoms with Crippen molar-refractivity contribution >= 4 is 34.2 Å². The second-order valence-corrected chi connectivity index (χ2v) is 17.8. The maximum atomic E-state index is 13.4. The number of hydrogen-bond donors (Lipinski definition) is 1. The molecule has 11 heteroatoms. The maximum Gasteiger partial charge on any atom is 0.263 e. The lowest BCUT2D eigenvalue weighted by molar-refractivity contribution is -0.0956. The van der Waals surface area contributed by atoms with E-state index in [1.54, 1.807) is 13.2 Å². The zero-order valence-electron chi connectivity index (χ0n) is 31.8. The van der Waals surface area contributed by atoms with E-state index in [0.29, 0.717) is 24.0 Å². The molecule has 2 aliphatic carbocycles. The summed E-state index contributed by atoms with van der Waals surface area (Å²) in [5.74, 6) is 1.17. The van der Waals surface area contributed by atoms with Crippen LogP contribution in [-0.4, -0.2) is 111 Å². The number of rotatable bonds is 14. The Morgan fingerprint density at radius 1 is 1.13 bits per heavy atom. The first-order chi connectivity index (χ1) is 25.1. The van der Waals surface area contributed by atoms with Crippen LogP contribution in [0.3, 0.4) is 0 Å². The van der Waals surface area contributed by atoms with Gasteiger partial charge in [-0.05, 0) is 106 Å². The standard InChI is InChI=1S/C41H59ClN4O5S/c1-6-7-17-41(50-5,28-45-20-18-44(19-21-45)22-23-49-4)36-13-10-33(36)26-46-27-40(16-8-9-31-24-34(42)12-14-35(31)40)29-51-38-15-11-32(25-37(38)46)39(47)43-52(48)30(2)3/h7,11-12,14-15,17,24-25,30,33,36H,6,8-10,13,16,18-23,26-29H2,1-5H3,(H,43,47)/b17-7+/t33?,36?,40-,41-,52?/m0/s1. The summed E-state index contributed by atoms with van der Waals surface area (Å²) in [7, 11) is 2.20. The van der Waals surface area contributed by atoms with Gasteiger partial charge in [-0.25, -0.2) is 4.21 Å². The van der Waals surface area contributed by atoms with Crippen molar-refractivity contribution in [3.8, 4) is 5.75 Å². The number of nitrogens with one attached hydrogen (secondary N) is 1. The smallest absolute Gasteiger partial charge is 0.263 e. The van der Waals surface area contributed by atoms with Crippen LogP contribution in [0.25, 0.3) is 0 Å². The van der Waals surface area contributed by atoms with E-state index < -0.39 is 16.6 Å². The highest BCUT2D eigenvalue weighted by molar-refractivity contribution is 7.84. The van der Waals surface area contributed by atoms with E-state index in [4.69, 9.17) is 25.8 Å². The Morgan fingerprint density at radius 3 is 2.62 bits per heavy atom. The van der Waals surface area contributed by atoms with Crippen molar-refractivity contribution < 1.29 is 23.2 Å². The van der Waals surface area contributed by atoms with Gasteiger partial charge in [-0.2, -0.15) is 0 Å². The molecule has 0 bridgehead atoms. The molecule has 1 spiro atoms. The van der Waals surface area contributed by atoms with Crippen LogP contribution in [0.5, 0.6) is 5.75 Å². The number of allylic oxidation sites excluding steroid dienone is 1. The number of benzene rings is 2. The number of carbonyl (C=O) groups is 1. The molecule has 52 heavy (non-hydrogen) atoms. The van der Waals surface area contributed by atoms with Gasteiger partial charge in [0.15, 0.2) is 0 Å². The van der Waals surface area contributed by atoms with Crippen LogP contribution in [0.2, 0.25) is 5.02 Å². The van der Waals surface area contributed by atoms with Crippen molar-refractivity contribution in [2.75, 3.05) is 84.7 Å². The number of fused-ring (bicyclic) bond motifs is 3. The van der Waals surface area contributed by atoms with Crippen LogP contribution < -0.4 is 14.4 Å². The monoisotopic (exact) mass is 754 g/mol. The SMILES string of the molecule is CC/C=C/[C@@](CN1CCN(CCOC)CC1)(OC)C1CCC1CN1C[C@@]2(CCCc3cc(Cl)ccc32)COc2ccc(C(=O)NS(=O)C(C)C)cc21. The van der Waals surface area contributed by atoms with E-state index in [0.717, 1.165) is 114 Å². The topological polar surface area (TPSA) is 83.6 Å². The number of amides is 1. The number of aryl methyl sites for hydroxylation is 1. The molecule has 6 rings (SSSR count). The van der Waals surface area contributed by atoms with E-state index in [9.17, 15) is 9.00 Å². The summed E-state index contributed by atoms with van der Waals surface area (Å²) in [5.41, 5.74) is 3.41. The molecule has 0 radical (unpaired) electrons. The predicted molar refractivity (Wildman–Crippen MR) is 211 cm³/mol. The molecule has 2 heterocycles. The number of methoxy groups -OCH3 is 2. The Hall–Kier alpha value is -2.47. The molecule has 3 unspecified atom stereocenters. The van der Waals surface area contributed by atoms with Gasteiger partial charge < -0.3 is 19.1 Å². The Bertz CT molecular complexity index is 1600.